The van der Waals surface area contributed by atoms with Crippen molar-refractivity contribution in [1.29, 1.82) is 0 Å². The molecule has 0 atom stereocenters. The van der Waals surface area contributed by atoms with Crippen LogP contribution in [0.3, 0.4) is 0 Å². The molecule has 0 spiro atoms. The van der Waals surface area contributed by atoms with Gasteiger partial charge >= 0.3 is 0 Å². The van der Waals surface area contributed by atoms with Crippen LogP contribution in [0.1, 0.15) is 37.0 Å². The fourth-order valence-corrected chi connectivity index (χ4v) is 5.32. The van der Waals surface area contributed by atoms with Gasteiger partial charge in [0.05, 0.1) is 10.7 Å². The second kappa shape index (κ2) is 9.31. The van der Waals surface area contributed by atoms with Crippen molar-refractivity contribution in [1.82, 2.24) is 5.32 Å². The van der Waals surface area contributed by atoms with Crippen molar-refractivity contribution in [3.8, 4) is 0 Å². The molecule has 0 aromatic heterocycles. The minimum Gasteiger partial charge on any atom is -0.369 e. The molecule has 27 heavy (non-hydrogen) atoms. The van der Waals surface area contributed by atoms with Crippen LogP contribution < -0.4 is 10.2 Å². The molecule has 0 amide bonds. The molecular weight excluding hydrogens is 379 g/mol. The van der Waals surface area contributed by atoms with Gasteiger partial charge in [-0.05, 0) is 73.7 Å². The van der Waals surface area contributed by atoms with Crippen molar-refractivity contribution in [3.63, 3.8) is 0 Å². The second-order valence-electron chi connectivity index (χ2n) is 7.03. The Bertz CT molecular complexity index is 790. The Balaban J connectivity index is 0.00000210. The number of thioether (sulfide) groups is 1. The maximum atomic E-state index is 14.5. The molecule has 2 heterocycles. The van der Waals surface area contributed by atoms with Crippen molar-refractivity contribution < 1.29 is 4.39 Å². The molecule has 5 heteroatoms. The van der Waals surface area contributed by atoms with E-state index >= 15 is 0 Å². The molecule has 1 N–H and O–H groups in total. The monoisotopic (exact) mass is 406 g/mol. The Morgan fingerprint density at radius 1 is 1.07 bits per heavy atom. The van der Waals surface area contributed by atoms with Crippen LogP contribution in [0, 0.1) is 5.82 Å². The topological polar surface area (TPSA) is 15.3 Å². The molecule has 2 aliphatic heterocycles. The summed E-state index contributed by atoms with van der Waals surface area (Å²) in [5.41, 5.74) is 4.50. The largest absolute Gasteiger partial charge is 0.369 e. The molecule has 0 radical (unpaired) electrons. The van der Waals surface area contributed by atoms with E-state index < -0.39 is 0 Å². The summed E-state index contributed by atoms with van der Waals surface area (Å²) in [6.45, 7) is 3.93. The fourth-order valence-electron chi connectivity index (χ4n) is 3.88. The van der Waals surface area contributed by atoms with Crippen LogP contribution in [-0.4, -0.2) is 26.2 Å². The van der Waals surface area contributed by atoms with Gasteiger partial charge in [0.25, 0.3) is 0 Å². The predicted octanol–water partition coefficient (Wildman–Crippen LogP) is 5.70. The van der Waals surface area contributed by atoms with Crippen molar-refractivity contribution in [2.24, 2.45) is 0 Å². The van der Waals surface area contributed by atoms with Gasteiger partial charge in [0.1, 0.15) is 5.82 Å². The average Bonchev–Trinajstić information content (AvgIpc) is 3.06. The van der Waals surface area contributed by atoms with E-state index in [1.165, 1.54) is 11.1 Å². The van der Waals surface area contributed by atoms with Crippen LogP contribution in [0.5, 0.6) is 0 Å². The molecule has 2 nitrogen and oxygen atoms in total. The maximum Gasteiger partial charge on any atom is 0.146 e. The van der Waals surface area contributed by atoms with E-state index in [1.807, 2.05) is 12.1 Å². The third-order valence-corrected chi connectivity index (χ3v) is 6.93. The highest BCUT2D eigenvalue weighted by atomic mass is 35.5. The Morgan fingerprint density at radius 2 is 1.85 bits per heavy atom. The van der Waals surface area contributed by atoms with E-state index in [4.69, 9.17) is 11.6 Å². The normalized spacial score (nSPS) is 16.6. The Labute approximate surface area is 171 Å². The van der Waals surface area contributed by atoms with Crippen LogP contribution in [-0.2, 0) is 18.6 Å². The van der Waals surface area contributed by atoms with Gasteiger partial charge in [0.2, 0.25) is 0 Å². The van der Waals surface area contributed by atoms with E-state index in [2.05, 4.69) is 22.3 Å². The van der Waals surface area contributed by atoms with E-state index in [0.717, 1.165) is 78.8 Å². The quantitative estimate of drug-likeness (QED) is 0.656. The average molecular weight is 407 g/mol. The number of nitrogens with one attached hydrogen (secondary N) is 1. The highest BCUT2D eigenvalue weighted by molar-refractivity contribution is 7.98. The van der Waals surface area contributed by atoms with Gasteiger partial charge in [0.15, 0.2) is 0 Å². The molecular formula is C22H28ClFN2S. The minimum atomic E-state index is -0.104. The molecule has 0 saturated carbocycles. The number of anilines is 1. The number of hydrogen-bond acceptors (Lipinski definition) is 3. The number of fused-ring (bicyclic) bond motifs is 1. The molecule has 0 aliphatic carbocycles. The summed E-state index contributed by atoms with van der Waals surface area (Å²) in [4.78, 5) is 3.31. The van der Waals surface area contributed by atoms with Gasteiger partial charge in [-0.25, -0.2) is 4.39 Å². The van der Waals surface area contributed by atoms with Crippen LogP contribution in [0.2, 0.25) is 5.02 Å². The summed E-state index contributed by atoms with van der Waals surface area (Å²) in [7, 11) is 0. The third kappa shape index (κ3) is 4.61. The number of halogens is 2. The van der Waals surface area contributed by atoms with E-state index in [1.54, 1.807) is 17.8 Å². The predicted molar refractivity (Wildman–Crippen MR) is 116 cm³/mol. The van der Waals surface area contributed by atoms with Crippen LogP contribution in [0.25, 0.3) is 0 Å². The SMILES string of the molecule is C.Fc1cc(CSc2c(Cl)ccc3c2CCNCC3)ccc1N1CCCC1. The first-order valence-corrected chi connectivity index (χ1v) is 10.8. The third-order valence-electron chi connectivity index (χ3n) is 5.27. The van der Waals surface area contributed by atoms with Crippen molar-refractivity contribution in [2.45, 2.75) is 43.8 Å². The lowest BCUT2D eigenvalue weighted by Crippen LogP contribution is -2.18. The van der Waals surface area contributed by atoms with Crippen molar-refractivity contribution >= 4 is 29.1 Å². The molecule has 2 aromatic rings. The zero-order chi connectivity index (χ0) is 17.9. The fraction of sp³-hybridized carbons (Fsp3) is 0.455. The van der Waals surface area contributed by atoms with Crippen LogP contribution in [0.4, 0.5) is 10.1 Å². The number of nitrogens with zero attached hydrogens (tertiary/aromatic N) is 1. The van der Waals surface area contributed by atoms with E-state index in [9.17, 15) is 4.39 Å². The maximum absolute atomic E-state index is 14.5. The van der Waals surface area contributed by atoms with Crippen molar-refractivity contribution in [3.05, 3.63) is 57.9 Å². The standard InChI is InChI=1S/C21H24ClFN2S.CH4/c22-18-5-4-16-7-9-24-10-8-17(16)21(18)26-14-15-3-6-20(19(23)13-15)25-11-1-2-12-25;/h3-6,13,24H,1-2,7-12,14H2;1H4. The Hall–Kier alpha value is -1.23. The molecule has 146 valence electrons. The molecule has 1 saturated heterocycles. The number of benzene rings is 2. The lowest BCUT2D eigenvalue weighted by atomic mass is 10.0. The van der Waals surface area contributed by atoms with Crippen LogP contribution >= 0.6 is 23.4 Å². The molecule has 2 aliphatic rings. The zero-order valence-electron chi connectivity index (χ0n) is 14.9. The summed E-state index contributed by atoms with van der Waals surface area (Å²) in [5.74, 6) is 0.632. The van der Waals surface area contributed by atoms with Gasteiger partial charge in [-0.15, -0.1) is 11.8 Å². The van der Waals surface area contributed by atoms with Crippen molar-refractivity contribution in [2.75, 3.05) is 31.1 Å². The molecule has 0 unspecified atom stereocenters. The summed E-state index contributed by atoms with van der Waals surface area (Å²) in [6, 6.07) is 9.84. The highest BCUT2D eigenvalue weighted by Crippen LogP contribution is 2.36. The Kier molecular flexibility index (Phi) is 7.07. The minimum absolute atomic E-state index is 0. The summed E-state index contributed by atoms with van der Waals surface area (Å²) in [6.07, 6.45) is 4.35. The first-order chi connectivity index (χ1) is 12.7. The van der Waals surface area contributed by atoms with Gasteiger partial charge in [-0.2, -0.15) is 0 Å². The molecule has 2 aromatic carbocycles. The van der Waals surface area contributed by atoms with Crippen LogP contribution in [0.15, 0.2) is 35.2 Å². The lowest BCUT2D eigenvalue weighted by molar-refractivity contribution is 0.622. The summed E-state index contributed by atoms with van der Waals surface area (Å²) in [5, 5.41) is 4.26. The summed E-state index contributed by atoms with van der Waals surface area (Å²) >= 11 is 8.23. The smallest absolute Gasteiger partial charge is 0.146 e. The number of rotatable bonds is 4. The summed E-state index contributed by atoms with van der Waals surface area (Å²) < 4.78 is 14.5. The van der Waals surface area contributed by atoms with E-state index in [0.29, 0.717) is 0 Å². The highest BCUT2D eigenvalue weighted by Gasteiger charge is 2.18. The first-order valence-electron chi connectivity index (χ1n) is 9.39. The zero-order valence-corrected chi connectivity index (χ0v) is 16.4. The molecule has 4 rings (SSSR count). The first kappa shape index (κ1) is 20.5. The van der Waals surface area contributed by atoms with Gasteiger partial charge in [-0.1, -0.05) is 31.2 Å². The number of hydrogen-bond donors (Lipinski definition) is 1. The second-order valence-corrected chi connectivity index (χ2v) is 8.43. The van der Waals surface area contributed by atoms with Gasteiger partial charge < -0.3 is 10.2 Å². The van der Waals surface area contributed by atoms with Gasteiger partial charge in [0, 0.05) is 23.7 Å². The molecule has 1 fully saturated rings. The molecule has 0 bridgehead atoms. The van der Waals surface area contributed by atoms with E-state index in [-0.39, 0.29) is 13.2 Å². The lowest BCUT2D eigenvalue weighted by Gasteiger charge is -2.19. The Morgan fingerprint density at radius 3 is 2.63 bits per heavy atom. The van der Waals surface area contributed by atoms with Gasteiger partial charge in [-0.3, -0.25) is 0 Å².